The standard InChI is InChI=1S/C9H16O3/c1-3-9(5-12-6-9)7(2)4-8(10)11/h7H,3-6H2,1-2H3,(H,10,11). The molecule has 70 valence electrons. The fraction of sp³-hybridized carbons (Fsp3) is 0.889. The Balaban J connectivity index is 2.48. The van der Waals surface area contributed by atoms with E-state index in [0.29, 0.717) is 0 Å². The summed E-state index contributed by atoms with van der Waals surface area (Å²) >= 11 is 0. The van der Waals surface area contributed by atoms with Crippen molar-refractivity contribution < 1.29 is 14.6 Å². The zero-order valence-corrected chi connectivity index (χ0v) is 7.67. The van der Waals surface area contributed by atoms with Gasteiger partial charge in [0.1, 0.15) is 0 Å². The van der Waals surface area contributed by atoms with Crippen molar-refractivity contribution in [3.8, 4) is 0 Å². The molecule has 0 amide bonds. The Labute approximate surface area is 72.7 Å². The molecule has 1 heterocycles. The van der Waals surface area contributed by atoms with Crippen LogP contribution < -0.4 is 0 Å². The van der Waals surface area contributed by atoms with Gasteiger partial charge >= 0.3 is 5.97 Å². The van der Waals surface area contributed by atoms with Crippen LogP contribution in [0.4, 0.5) is 0 Å². The van der Waals surface area contributed by atoms with Gasteiger partial charge in [0, 0.05) is 11.8 Å². The number of aliphatic carboxylic acids is 1. The quantitative estimate of drug-likeness (QED) is 0.699. The Morgan fingerprint density at radius 1 is 1.67 bits per heavy atom. The lowest BCUT2D eigenvalue weighted by Crippen LogP contribution is -2.47. The van der Waals surface area contributed by atoms with Crippen LogP contribution >= 0.6 is 0 Å². The molecule has 3 nitrogen and oxygen atoms in total. The lowest BCUT2D eigenvalue weighted by molar-refractivity contribution is -0.158. The zero-order chi connectivity index (χ0) is 9.19. The average molecular weight is 172 g/mol. The van der Waals surface area contributed by atoms with Crippen molar-refractivity contribution in [2.24, 2.45) is 11.3 Å². The summed E-state index contributed by atoms with van der Waals surface area (Å²) in [4.78, 5) is 10.5. The van der Waals surface area contributed by atoms with Gasteiger partial charge in [-0.3, -0.25) is 4.79 Å². The molecule has 0 aromatic heterocycles. The van der Waals surface area contributed by atoms with Gasteiger partial charge in [0.2, 0.25) is 0 Å². The number of carboxylic acid groups (broad SMARTS) is 1. The van der Waals surface area contributed by atoms with Gasteiger partial charge in [-0.05, 0) is 12.3 Å². The third-order valence-electron chi connectivity index (χ3n) is 3.01. The van der Waals surface area contributed by atoms with Gasteiger partial charge in [-0.25, -0.2) is 0 Å². The first kappa shape index (κ1) is 9.52. The smallest absolute Gasteiger partial charge is 0.303 e. The minimum Gasteiger partial charge on any atom is -0.481 e. The molecule has 0 aromatic carbocycles. The van der Waals surface area contributed by atoms with E-state index in [0.717, 1.165) is 19.6 Å². The first-order valence-corrected chi connectivity index (χ1v) is 4.40. The molecular weight excluding hydrogens is 156 g/mol. The zero-order valence-electron chi connectivity index (χ0n) is 7.67. The third-order valence-corrected chi connectivity index (χ3v) is 3.01. The molecule has 1 rings (SSSR count). The summed E-state index contributed by atoms with van der Waals surface area (Å²) in [5, 5.41) is 8.62. The molecule has 1 atom stereocenters. The molecule has 0 aromatic rings. The number of hydrogen-bond donors (Lipinski definition) is 1. The lowest BCUT2D eigenvalue weighted by atomic mass is 9.71. The summed E-state index contributed by atoms with van der Waals surface area (Å²) in [6, 6.07) is 0. The predicted octanol–water partition coefficient (Wildman–Crippen LogP) is 1.52. The van der Waals surface area contributed by atoms with Gasteiger partial charge in [-0.15, -0.1) is 0 Å². The normalized spacial score (nSPS) is 22.8. The SMILES string of the molecule is CCC1(C(C)CC(=O)O)COC1. The predicted molar refractivity (Wildman–Crippen MR) is 45.0 cm³/mol. The number of carboxylic acids is 1. The highest BCUT2D eigenvalue weighted by Gasteiger charge is 2.42. The maximum atomic E-state index is 10.5. The maximum absolute atomic E-state index is 10.5. The van der Waals surface area contributed by atoms with Gasteiger partial charge < -0.3 is 9.84 Å². The van der Waals surface area contributed by atoms with Gasteiger partial charge in [-0.2, -0.15) is 0 Å². The first-order valence-electron chi connectivity index (χ1n) is 4.40. The van der Waals surface area contributed by atoms with Crippen molar-refractivity contribution in [3.05, 3.63) is 0 Å². The van der Waals surface area contributed by atoms with Crippen LogP contribution in [0.2, 0.25) is 0 Å². The molecule has 1 aliphatic heterocycles. The number of rotatable bonds is 4. The summed E-state index contributed by atoms with van der Waals surface area (Å²) in [5.41, 5.74) is 0.151. The summed E-state index contributed by atoms with van der Waals surface area (Å²) in [6.07, 6.45) is 1.28. The van der Waals surface area contributed by atoms with Gasteiger partial charge in [0.25, 0.3) is 0 Å². The second-order valence-electron chi connectivity index (χ2n) is 3.71. The van der Waals surface area contributed by atoms with Crippen molar-refractivity contribution in [1.82, 2.24) is 0 Å². The first-order chi connectivity index (χ1) is 5.60. The minimum absolute atomic E-state index is 0.151. The summed E-state index contributed by atoms with van der Waals surface area (Å²) in [7, 11) is 0. The van der Waals surface area contributed by atoms with E-state index in [-0.39, 0.29) is 17.8 Å². The van der Waals surface area contributed by atoms with E-state index in [2.05, 4.69) is 6.92 Å². The third kappa shape index (κ3) is 1.61. The largest absolute Gasteiger partial charge is 0.481 e. The molecule has 0 saturated carbocycles. The van der Waals surface area contributed by atoms with Crippen molar-refractivity contribution in [3.63, 3.8) is 0 Å². The van der Waals surface area contributed by atoms with Crippen LogP contribution in [-0.2, 0) is 9.53 Å². The van der Waals surface area contributed by atoms with Crippen LogP contribution in [0.5, 0.6) is 0 Å². The van der Waals surface area contributed by atoms with Crippen LogP contribution in [0.1, 0.15) is 26.7 Å². The molecule has 1 fully saturated rings. The molecule has 1 saturated heterocycles. The Morgan fingerprint density at radius 3 is 2.50 bits per heavy atom. The summed E-state index contributed by atoms with van der Waals surface area (Å²) in [6.45, 7) is 5.57. The van der Waals surface area contributed by atoms with Gasteiger partial charge in [0.15, 0.2) is 0 Å². The maximum Gasteiger partial charge on any atom is 0.303 e. The number of ether oxygens (including phenoxy) is 1. The highest BCUT2D eigenvalue weighted by molar-refractivity contribution is 5.67. The van der Waals surface area contributed by atoms with Crippen LogP contribution in [0.15, 0.2) is 0 Å². The van der Waals surface area contributed by atoms with Crippen LogP contribution in [0.25, 0.3) is 0 Å². The van der Waals surface area contributed by atoms with E-state index < -0.39 is 5.97 Å². The molecular formula is C9H16O3. The average Bonchev–Trinajstić information content (AvgIpc) is 1.83. The Bertz CT molecular complexity index is 167. The number of carbonyl (C=O) groups is 1. The minimum atomic E-state index is -0.706. The van der Waals surface area contributed by atoms with E-state index >= 15 is 0 Å². The van der Waals surface area contributed by atoms with Gasteiger partial charge in [0.05, 0.1) is 13.2 Å². The summed E-state index contributed by atoms with van der Waals surface area (Å²) in [5.74, 6) is -0.476. The Kier molecular flexibility index (Phi) is 2.73. The van der Waals surface area contributed by atoms with E-state index in [1.54, 1.807) is 0 Å². The molecule has 1 unspecified atom stereocenters. The second-order valence-corrected chi connectivity index (χ2v) is 3.71. The van der Waals surface area contributed by atoms with E-state index in [1.807, 2.05) is 6.92 Å². The highest BCUT2D eigenvalue weighted by Crippen LogP contribution is 2.40. The topological polar surface area (TPSA) is 46.5 Å². The molecule has 3 heteroatoms. The molecule has 0 spiro atoms. The molecule has 12 heavy (non-hydrogen) atoms. The van der Waals surface area contributed by atoms with Gasteiger partial charge in [-0.1, -0.05) is 13.8 Å². The molecule has 1 aliphatic rings. The molecule has 1 N–H and O–H groups in total. The van der Waals surface area contributed by atoms with E-state index in [4.69, 9.17) is 9.84 Å². The molecule has 0 bridgehead atoms. The van der Waals surface area contributed by atoms with E-state index in [9.17, 15) is 4.79 Å². The Morgan fingerprint density at radius 2 is 2.25 bits per heavy atom. The lowest BCUT2D eigenvalue weighted by Gasteiger charge is -2.45. The fourth-order valence-electron chi connectivity index (χ4n) is 1.68. The highest BCUT2D eigenvalue weighted by atomic mass is 16.5. The Hall–Kier alpha value is -0.570. The van der Waals surface area contributed by atoms with Crippen molar-refractivity contribution in [1.29, 1.82) is 0 Å². The molecule has 0 aliphatic carbocycles. The fourth-order valence-corrected chi connectivity index (χ4v) is 1.68. The van der Waals surface area contributed by atoms with E-state index in [1.165, 1.54) is 0 Å². The molecule has 0 radical (unpaired) electrons. The van der Waals surface area contributed by atoms with Crippen LogP contribution in [0, 0.1) is 11.3 Å². The van der Waals surface area contributed by atoms with Crippen molar-refractivity contribution in [2.75, 3.05) is 13.2 Å². The van der Waals surface area contributed by atoms with Crippen LogP contribution in [-0.4, -0.2) is 24.3 Å². The monoisotopic (exact) mass is 172 g/mol. The van der Waals surface area contributed by atoms with Crippen LogP contribution in [0.3, 0.4) is 0 Å². The number of hydrogen-bond acceptors (Lipinski definition) is 2. The second kappa shape index (κ2) is 3.44. The van der Waals surface area contributed by atoms with Crippen molar-refractivity contribution >= 4 is 5.97 Å². The van der Waals surface area contributed by atoms with Crippen molar-refractivity contribution in [2.45, 2.75) is 26.7 Å². The summed E-state index contributed by atoms with van der Waals surface area (Å²) < 4.78 is 5.14.